The van der Waals surface area contributed by atoms with Crippen molar-refractivity contribution in [1.82, 2.24) is 9.62 Å². The lowest BCUT2D eigenvalue weighted by molar-refractivity contribution is -0.117. The number of hydrogen-bond acceptors (Lipinski definition) is 6. The molecule has 11 heteroatoms. The quantitative estimate of drug-likeness (QED) is 0.614. The number of anilines is 1. The number of primary amides is 1. The Balaban J connectivity index is 2.28. The molecule has 0 bridgehead atoms. The van der Waals surface area contributed by atoms with Crippen LogP contribution in [0, 0.1) is 0 Å². The molecule has 26 heavy (non-hydrogen) atoms. The van der Waals surface area contributed by atoms with Crippen molar-refractivity contribution in [3.63, 3.8) is 0 Å². The summed E-state index contributed by atoms with van der Waals surface area (Å²) < 4.78 is 37.4. The molecule has 0 spiro atoms. The van der Waals surface area contributed by atoms with Crippen LogP contribution in [0.5, 0.6) is 5.75 Å². The van der Waals surface area contributed by atoms with Gasteiger partial charge in [0, 0.05) is 18.8 Å². The third-order valence-electron chi connectivity index (χ3n) is 3.77. The number of sulfonamides is 1. The summed E-state index contributed by atoms with van der Waals surface area (Å²) in [5, 5.41) is 4.78. The number of nitrogens with two attached hydrogens (primary N) is 1. The molecule has 0 saturated carbocycles. The number of rotatable bonds is 6. The van der Waals surface area contributed by atoms with E-state index in [4.69, 9.17) is 15.2 Å². The highest BCUT2D eigenvalue weighted by Crippen LogP contribution is 2.30. The van der Waals surface area contributed by atoms with Gasteiger partial charge >= 0.3 is 6.03 Å². The average molecular weight is 386 g/mol. The molecule has 4 N–H and O–H groups in total. The van der Waals surface area contributed by atoms with Crippen LogP contribution in [0.15, 0.2) is 23.1 Å². The predicted molar refractivity (Wildman–Crippen MR) is 93.4 cm³/mol. The predicted octanol–water partition coefficient (Wildman–Crippen LogP) is -0.289. The Kier molecular flexibility index (Phi) is 6.40. The first-order valence-corrected chi connectivity index (χ1v) is 9.32. The minimum absolute atomic E-state index is 0.0600. The number of amides is 3. The summed E-state index contributed by atoms with van der Waals surface area (Å²) in [5.41, 5.74) is 5.24. The zero-order chi connectivity index (χ0) is 19.3. The summed E-state index contributed by atoms with van der Waals surface area (Å²) in [6.07, 6.45) is 0. The summed E-state index contributed by atoms with van der Waals surface area (Å²) >= 11 is 0. The molecule has 0 radical (unpaired) electrons. The van der Waals surface area contributed by atoms with Gasteiger partial charge in [0.15, 0.2) is 0 Å². The Hall–Kier alpha value is -2.37. The van der Waals surface area contributed by atoms with Crippen molar-refractivity contribution >= 4 is 27.6 Å². The number of carbonyl (C=O) groups is 2. The van der Waals surface area contributed by atoms with E-state index in [0.29, 0.717) is 13.2 Å². The first-order chi connectivity index (χ1) is 12.3. The summed E-state index contributed by atoms with van der Waals surface area (Å²) in [6.45, 7) is 2.56. The minimum Gasteiger partial charge on any atom is -0.495 e. The first kappa shape index (κ1) is 19.9. The maximum Gasteiger partial charge on any atom is 0.312 e. The SMILES string of the molecule is COc1ccc(NC(=O)C(C)NC(N)=O)cc1S(=O)(=O)N1CCOCC1. The van der Waals surface area contributed by atoms with Gasteiger partial charge in [0.1, 0.15) is 16.7 Å². The molecule has 1 aliphatic rings. The topological polar surface area (TPSA) is 140 Å². The molecular formula is C15H22N4O6S. The van der Waals surface area contributed by atoms with Crippen molar-refractivity contribution in [2.24, 2.45) is 5.73 Å². The second kappa shape index (κ2) is 8.34. The van der Waals surface area contributed by atoms with Gasteiger partial charge in [0.2, 0.25) is 15.9 Å². The Morgan fingerprint density at radius 3 is 2.54 bits per heavy atom. The number of hydrogen-bond donors (Lipinski definition) is 3. The van der Waals surface area contributed by atoms with E-state index in [-0.39, 0.29) is 29.4 Å². The van der Waals surface area contributed by atoms with Crippen LogP contribution in [0.4, 0.5) is 10.5 Å². The fourth-order valence-corrected chi connectivity index (χ4v) is 4.00. The largest absolute Gasteiger partial charge is 0.495 e. The van der Waals surface area contributed by atoms with Crippen LogP contribution >= 0.6 is 0 Å². The van der Waals surface area contributed by atoms with E-state index in [0.717, 1.165) is 0 Å². The number of carbonyl (C=O) groups excluding carboxylic acids is 2. The van der Waals surface area contributed by atoms with E-state index in [2.05, 4.69) is 10.6 Å². The Bertz CT molecular complexity index is 776. The van der Waals surface area contributed by atoms with Gasteiger partial charge < -0.3 is 25.8 Å². The van der Waals surface area contributed by atoms with E-state index in [1.54, 1.807) is 0 Å². The standard InChI is InChI=1S/C15H22N4O6S/c1-10(17-15(16)21)14(20)18-11-3-4-12(24-2)13(9-11)26(22,23)19-5-7-25-8-6-19/h3-4,9-10H,5-8H2,1-2H3,(H,18,20)(H3,16,17,21). The third kappa shape index (κ3) is 4.62. The smallest absolute Gasteiger partial charge is 0.312 e. The fraction of sp³-hybridized carbons (Fsp3) is 0.467. The lowest BCUT2D eigenvalue weighted by Crippen LogP contribution is -2.44. The van der Waals surface area contributed by atoms with Gasteiger partial charge in [-0.15, -0.1) is 0 Å². The number of nitrogens with zero attached hydrogens (tertiary/aromatic N) is 1. The fourth-order valence-electron chi connectivity index (χ4n) is 2.41. The number of ether oxygens (including phenoxy) is 2. The lowest BCUT2D eigenvalue weighted by atomic mass is 10.2. The Morgan fingerprint density at radius 2 is 1.96 bits per heavy atom. The highest BCUT2D eigenvalue weighted by molar-refractivity contribution is 7.89. The van der Waals surface area contributed by atoms with Gasteiger partial charge in [-0.25, -0.2) is 13.2 Å². The molecule has 0 aliphatic carbocycles. The van der Waals surface area contributed by atoms with Gasteiger partial charge in [-0.05, 0) is 25.1 Å². The number of morpholine rings is 1. The van der Waals surface area contributed by atoms with Gasteiger partial charge in [0.25, 0.3) is 0 Å². The molecule has 1 fully saturated rings. The van der Waals surface area contributed by atoms with Crippen molar-refractivity contribution in [2.45, 2.75) is 17.9 Å². The van der Waals surface area contributed by atoms with Crippen LogP contribution in [0.3, 0.4) is 0 Å². The number of nitrogens with one attached hydrogen (secondary N) is 2. The van der Waals surface area contributed by atoms with Crippen LogP contribution < -0.4 is 21.1 Å². The molecule has 1 aliphatic heterocycles. The average Bonchev–Trinajstić information content (AvgIpc) is 2.61. The summed E-state index contributed by atoms with van der Waals surface area (Å²) in [5.74, 6) is -0.374. The molecule has 1 saturated heterocycles. The van der Waals surface area contributed by atoms with E-state index in [1.165, 1.54) is 36.5 Å². The monoisotopic (exact) mass is 386 g/mol. The van der Waals surface area contributed by atoms with Crippen LogP contribution in [-0.2, 0) is 19.6 Å². The summed E-state index contributed by atoms with van der Waals surface area (Å²) in [6, 6.07) is 2.56. The van der Waals surface area contributed by atoms with Crippen molar-refractivity contribution in [3.05, 3.63) is 18.2 Å². The van der Waals surface area contributed by atoms with Crippen molar-refractivity contribution in [3.8, 4) is 5.75 Å². The highest BCUT2D eigenvalue weighted by atomic mass is 32.2. The van der Waals surface area contributed by atoms with Gasteiger partial charge in [-0.2, -0.15) is 4.31 Å². The zero-order valence-electron chi connectivity index (χ0n) is 14.5. The normalized spacial score (nSPS) is 16.5. The number of benzene rings is 1. The van der Waals surface area contributed by atoms with E-state index in [1.807, 2.05) is 0 Å². The van der Waals surface area contributed by atoms with E-state index in [9.17, 15) is 18.0 Å². The molecule has 3 amide bonds. The molecule has 1 aromatic rings. The first-order valence-electron chi connectivity index (χ1n) is 7.88. The minimum atomic E-state index is -3.82. The molecule has 1 aromatic carbocycles. The molecular weight excluding hydrogens is 364 g/mol. The van der Waals surface area contributed by atoms with E-state index >= 15 is 0 Å². The van der Waals surface area contributed by atoms with Crippen LogP contribution in [0.2, 0.25) is 0 Å². The molecule has 2 rings (SSSR count). The van der Waals surface area contributed by atoms with Crippen molar-refractivity contribution < 1.29 is 27.5 Å². The molecule has 144 valence electrons. The Morgan fingerprint density at radius 1 is 1.31 bits per heavy atom. The number of methoxy groups -OCH3 is 1. The zero-order valence-corrected chi connectivity index (χ0v) is 15.3. The second-order valence-corrected chi connectivity index (χ2v) is 7.51. The van der Waals surface area contributed by atoms with Crippen molar-refractivity contribution in [1.29, 1.82) is 0 Å². The molecule has 1 atom stereocenters. The van der Waals surface area contributed by atoms with Crippen LogP contribution in [-0.4, -0.2) is 64.1 Å². The van der Waals surface area contributed by atoms with Gasteiger partial charge in [0.05, 0.1) is 20.3 Å². The van der Waals surface area contributed by atoms with Crippen LogP contribution in [0.25, 0.3) is 0 Å². The third-order valence-corrected chi connectivity index (χ3v) is 5.69. The molecule has 1 heterocycles. The van der Waals surface area contributed by atoms with Crippen LogP contribution in [0.1, 0.15) is 6.92 Å². The van der Waals surface area contributed by atoms with Crippen molar-refractivity contribution in [2.75, 3.05) is 38.7 Å². The Labute approximate surface area is 151 Å². The lowest BCUT2D eigenvalue weighted by Gasteiger charge is -2.27. The summed E-state index contributed by atoms with van der Waals surface area (Å²) in [7, 11) is -2.45. The maximum absolute atomic E-state index is 12.9. The number of urea groups is 1. The maximum atomic E-state index is 12.9. The molecule has 0 aromatic heterocycles. The van der Waals surface area contributed by atoms with Gasteiger partial charge in [-0.3, -0.25) is 4.79 Å². The summed E-state index contributed by atoms with van der Waals surface area (Å²) in [4.78, 5) is 22.8. The molecule has 1 unspecified atom stereocenters. The highest BCUT2D eigenvalue weighted by Gasteiger charge is 2.29. The molecule has 10 nitrogen and oxygen atoms in total. The van der Waals surface area contributed by atoms with E-state index < -0.39 is 28.0 Å². The van der Waals surface area contributed by atoms with Gasteiger partial charge in [-0.1, -0.05) is 0 Å². The second-order valence-electron chi connectivity index (χ2n) is 5.60.